The number of halogens is 5. The summed E-state index contributed by atoms with van der Waals surface area (Å²) in [6.07, 6.45) is -5.90. The first-order valence-electron chi connectivity index (χ1n) is 7.77. The third kappa shape index (κ3) is 4.98. The highest BCUT2D eigenvalue weighted by molar-refractivity contribution is 7.93. The molecule has 154 valence electrons. The zero-order valence-electron chi connectivity index (χ0n) is 14.2. The number of thiazole rings is 1. The van der Waals surface area contributed by atoms with Gasteiger partial charge in [0.05, 0.1) is 5.02 Å². The maximum Gasteiger partial charge on any atom is 0.429 e. The Balaban J connectivity index is 1.94. The van der Waals surface area contributed by atoms with E-state index in [0.29, 0.717) is 12.1 Å². The highest BCUT2D eigenvalue weighted by atomic mass is 35.5. The Morgan fingerprint density at radius 1 is 1.17 bits per heavy atom. The first-order chi connectivity index (χ1) is 13.6. The van der Waals surface area contributed by atoms with Gasteiger partial charge >= 0.3 is 6.18 Å². The Labute approximate surface area is 172 Å². The van der Waals surface area contributed by atoms with E-state index in [2.05, 4.69) is 9.71 Å². The van der Waals surface area contributed by atoms with Gasteiger partial charge in [0.25, 0.3) is 10.0 Å². The smallest absolute Gasteiger partial charge is 0.429 e. The molecule has 0 bridgehead atoms. The average Bonchev–Trinajstić information content (AvgIpc) is 3.13. The molecule has 0 radical (unpaired) electrons. The van der Waals surface area contributed by atoms with Crippen molar-refractivity contribution in [1.29, 1.82) is 0 Å². The number of alkyl halides is 3. The molecule has 1 atom stereocenters. The number of nitrogens with one attached hydrogen (secondary N) is 1. The third-order valence-electron chi connectivity index (χ3n) is 3.57. The Morgan fingerprint density at radius 2 is 1.86 bits per heavy atom. The van der Waals surface area contributed by atoms with E-state index in [1.165, 1.54) is 41.9 Å². The zero-order valence-corrected chi connectivity index (χ0v) is 16.5. The third-order valence-corrected chi connectivity index (χ3v) is 6.04. The van der Waals surface area contributed by atoms with Crippen LogP contribution in [0.1, 0.15) is 11.7 Å². The van der Waals surface area contributed by atoms with Gasteiger partial charge in [-0.3, -0.25) is 4.72 Å². The molecule has 0 unspecified atom stereocenters. The Kier molecular flexibility index (Phi) is 6.01. The van der Waals surface area contributed by atoms with Crippen LogP contribution < -0.4 is 9.46 Å². The molecule has 3 rings (SSSR count). The highest BCUT2D eigenvalue weighted by Crippen LogP contribution is 2.40. The number of hydrogen-bond acceptors (Lipinski definition) is 5. The molecule has 3 aromatic rings. The maximum atomic E-state index is 14.4. The molecule has 1 aromatic heterocycles. The second-order valence-corrected chi connectivity index (χ2v) is 8.56. The SMILES string of the molecule is O=S(=O)(Nc1nccs1)c1cc(Cl)c(O[C@H](c2ccccc2)C(F)(F)F)cc1F. The Bertz CT molecular complexity index is 1090. The highest BCUT2D eigenvalue weighted by Gasteiger charge is 2.43. The summed E-state index contributed by atoms with van der Waals surface area (Å²) in [4.78, 5) is 2.87. The average molecular weight is 467 g/mol. The van der Waals surface area contributed by atoms with Crippen LogP contribution in [0.3, 0.4) is 0 Å². The van der Waals surface area contributed by atoms with Crippen LogP contribution in [0.4, 0.5) is 22.7 Å². The van der Waals surface area contributed by atoms with Crippen LogP contribution in [0, 0.1) is 5.82 Å². The van der Waals surface area contributed by atoms with Crippen molar-refractivity contribution in [2.75, 3.05) is 4.72 Å². The fourth-order valence-corrected chi connectivity index (χ4v) is 4.48. The number of aromatic nitrogens is 1. The molecule has 12 heteroatoms. The van der Waals surface area contributed by atoms with Crippen molar-refractivity contribution in [2.45, 2.75) is 17.2 Å². The lowest BCUT2D eigenvalue weighted by molar-refractivity contribution is -0.198. The summed E-state index contributed by atoms with van der Waals surface area (Å²) < 4.78 is 86.4. The number of anilines is 1. The van der Waals surface area contributed by atoms with Gasteiger partial charge in [-0.15, -0.1) is 11.3 Å². The fourth-order valence-electron chi connectivity index (χ4n) is 2.33. The number of hydrogen-bond donors (Lipinski definition) is 1. The molecule has 0 saturated heterocycles. The first-order valence-corrected chi connectivity index (χ1v) is 10.5. The van der Waals surface area contributed by atoms with Crippen LogP contribution in [0.25, 0.3) is 0 Å². The van der Waals surface area contributed by atoms with Crippen molar-refractivity contribution < 1.29 is 30.7 Å². The maximum absolute atomic E-state index is 14.4. The normalized spacial score (nSPS) is 13.1. The van der Waals surface area contributed by atoms with E-state index >= 15 is 0 Å². The second-order valence-electron chi connectivity index (χ2n) is 5.61. The van der Waals surface area contributed by atoms with Gasteiger partial charge in [0, 0.05) is 23.2 Å². The van der Waals surface area contributed by atoms with Crippen LogP contribution in [0.15, 0.2) is 58.9 Å². The van der Waals surface area contributed by atoms with Gasteiger partial charge in [-0.05, 0) is 6.07 Å². The minimum Gasteiger partial charge on any atom is -0.474 e. The number of sulfonamides is 1. The largest absolute Gasteiger partial charge is 0.474 e. The molecule has 5 nitrogen and oxygen atoms in total. The molecule has 0 aliphatic rings. The van der Waals surface area contributed by atoms with Crippen LogP contribution in [0.2, 0.25) is 5.02 Å². The molecule has 0 amide bonds. The zero-order chi connectivity index (χ0) is 21.2. The van der Waals surface area contributed by atoms with Gasteiger partial charge in [-0.1, -0.05) is 41.9 Å². The number of rotatable bonds is 6. The molecule has 1 heterocycles. The standard InChI is InChI=1S/C17H11ClF4N2O3S2/c18-11-8-14(29(25,26)24-16-23-6-7-28-16)12(19)9-13(11)27-15(17(20,21)22)10-4-2-1-3-5-10/h1-9,15H,(H,23,24)/t15-/m1/s1. The van der Waals surface area contributed by atoms with E-state index in [0.717, 1.165) is 11.3 Å². The lowest BCUT2D eigenvalue weighted by Gasteiger charge is -2.23. The predicted molar refractivity (Wildman–Crippen MR) is 100 cm³/mol. The monoisotopic (exact) mass is 466 g/mol. The molecule has 0 aliphatic carbocycles. The molecular weight excluding hydrogens is 456 g/mol. The number of nitrogens with zero attached hydrogens (tertiary/aromatic N) is 1. The number of benzene rings is 2. The van der Waals surface area contributed by atoms with Gasteiger partial charge < -0.3 is 4.74 Å². The predicted octanol–water partition coefficient (Wildman–Crippen LogP) is 5.42. The lowest BCUT2D eigenvalue weighted by atomic mass is 10.1. The quantitative estimate of drug-likeness (QED) is 0.493. The van der Waals surface area contributed by atoms with Crippen molar-refractivity contribution >= 4 is 38.1 Å². The Hall–Kier alpha value is -2.37. The summed E-state index contributed by atoms with van der Waals surface area (Å²) in [6.45, 7) is 0. The van der Waals surface area contributed by atoms with E-state index in [4.69, 9.17) is 16.3 Å². The van der Waals surface area contributed by atoms with Crippen LogP contribution >= 0.6 is 22.9 Å². The van der Waals surface area contributed by atoms with Crippen molar-refractivity contribution in [3.8, 4) is 5.75 Å². The van der Waals surface area contributed by atoms with Gasteiger partial charge in [-0.2, -0.15) is 13.2 Å². The molecule has 0 aliphatic heterocycles. The van der Waals surface area contributed by atoms with E-state index in [1.807, 2.05) is 0 Å². The van der Waals surface area contributed by atoms with Crippen LogP contribution in [-0.4, -0.2) is 19.6 Å². The van der Waals surface area contributed by atoms with Gasteiger partial charge in [0.15, 0.2) is 5.13 Å². The lowest BCUT2D eigenvalue weighted by Crippen LogP contribution is -2.26. The van der Waals surface area contributed by atoms with Crippen molar-refractivity contribution in [3.05, 3.63) is 70.4 Å². The molecule has 0 spiro atoms. The van der Waals surface area contributed by atoms with Crippen molar-refractivity contribution in [2.24, 2.45) is 0 Å². The fraction of sp³-hybridized carbons (Fsp3) is 0.118. The van der Waals surface area contributed by atoms with Gasteiger partial charge in [-0.25, -0.2) is 17.8 Å². The molecular formula is C17H11ClF4N2O3S2. The summed E-state index contributed by atoms with van der Waals surface area (Å²) in [5.74, 6) is -1.98. The summed E-state index contributed by atoms with van der Waals surface area (Å²) in [5, 5.41) is 0.983. The van der Waals surface area contributed by atoms with E-state index in [1.54, 1.807) is 0 Å². The van der Waals surface area contributed by atoms with E-state index in [-0.39, 0.29) is 10.7 Å². The summed E-state index contributed by atoms with van der Waals surface area (Å²) in [6, 6.07) is 7.87. The minimum absolute atomic E-state index is 0.0120. The van der Waals surface area contributed by atoms with E-state index in [9.17, 15) is 26.0 Å². The van der Waals surface area contributed by atoms with Crippen molar-refractivity contribution in [3.63, 3.8) is 0 Å². The van der Waals surface area contributed by atoms with Crippen LogP contribution in [-0.2, 0) is 10.0 Å². The molecule has 1 N–H and O–H groups in total. The Morgan fingerprint density at radius 3 is 2.45 bits per heavy atom. The first kappa shape index (κ1) is 21.3. The molecule has 0 fully saturated rings. The van der Waals surface area contributed by atoms with Gasteiger partial charge in [0.2, 0.25) is 6.10 Å². The van der Waals surface area contributed by atoms with Gasteiger partial charge in [0.1, 0.15) is 16.5 Å². The second kappa shape index (κ2) is 8.17. The summed E-state index contributed by atoms with van der Waals surface area (Å²) in [5.41, 5.74) is -0.224. The molecule has 0 saturated carbocycles. The number of ether oxygens (including phenoxy) is 1. The molecule has 2 aromatic carbocycles. The topological polar surface area (TPSA) is 68.3 Å². The minimum atomic E-state index is -4.82. The van der Waals surface area contributed by atoms with E-state index < -0.39 is 43.8 Å². The summed E-state index contributed by atoms with van der Waals surface area (Å²) in [7, 11) is -4.40. The van der Waals surface area contributed by atoms with Crippen LogP contribution in [0.5, 0.6) is 5.75 Å². The molecule has 29 heavy (non-hydrogen) atoms. The van der Waals surface area contributed by atoms with Crippen molar-refractivity contribution in [1.82, 2.24) is 4.98 Å². The summed E-state index contributed by atoms with van der Waals surface area (Å²) >= 11 is 6.87.